The summed E-state index contributed by atoms with van der Waals surface area (Å²) in [6.45, 7) is 3.30. The Morgan fingerprint density at radius 1 is 1.13 bits per heavy atom. The highest BCUT2D eigenvalue weighted by molar-refractivity contribution is 4.78. The Hall–Kier alpha value is -0.160. The summed E-state index contributed by atoms with van der Waals surface area (Å²) in [5, 5.41) is 21.0. The summed E-state index contributed by atoms with van der Waals surface area (Å²) in [6, 6.07) is 0. The van der Waals surface area contributed by atoms with Gasteiger partial charge in [-0.05, 0) is 31.2 Å². The van der Waals surface area contributed by atoms with Crippen molar-refractivity contribution >= 4 is 0 Å². The summed E-state index contributed by atoms with van der Waals surface area (Å²) in [7, 11) is 0. The molecule has 0 aromatic carbocycles. The average molecular weight is 217 g/mol. The minimum Gasteiger partial charge on any atom is -0.396 e. The molecule has 1 aliphatic rings. The topological polar surface area (TPSA) is 61.7 Å². The average Bonchev–Trinajstić information content (AvgIpc) is 2.70. The first-order valence-electron chi connectivity index (χ1n) is 5.88. The van der Waals surface area contributed by atoms with E-state index in [0.717, 1.165) is 13.1 Å². The van der Waals surface area contributed by atoms with Crippen molar-refractivity contribution in [3.8, 4) is 0 Å². The Morgan fingerprint density at radius 2 is 1.93 bits per heavy atom. The van der Waals surface area contributed by atoms with E-state index in [2.05, 4.69) is 5.32 Å². The third-order valence-corrected chi connectivity index (χ3v) is 3.12. The molecule has 0 saturated heterocycles. The molecule has 2 atom stereocenters. The summed E-state index contributed by atoms with van der Waals surface area (Å²) < 4.78 is 5.14. The lowest BCUT2D eigenvalue weighted by Gasteiger charge is -2.17. The van der Waals surface area contributed by atoms with Crippen LogP contribution in [0.15, 0.2) is 0 Å². The maximum Gasteiger partial charge on any atom is 0.0698 e. The lowest BCUT2D eigenvalue weighted by Crippen LogP contribution is -2.29. The van der Waals surface area contributed by atoms with Gasteiger partial charge >= 0.3 is 0 Å². The van der Waals surface area contributed by atoms with E-state index in [-0.39, 0.29) is 6.61 Å². The van der Waals surface area contributed by atoms with Crippen LogP contribution < -0.4 is 5.32 Å². The van der Waals surface area contributed by atoms with Crippen LogP contribution in [0.2, 0.25) is 0 Å². The third-order valence-electron chi connectivity index (χ3n) is 3.12. The van der Waals surface area contributed by atoms with Gasteiger partial charge in [-0.25, -0.2) is 0 Å². The van der Waals surface area contributed by atoms with Crippen LogP contribution in [0.3, 0.4) is 0 Å². The van der Waals surface area contributed by atoms with Crippen molar-refractivity contribution in [2.75, 3.05) is 39.5 Å². The van der Waals surface area contributed by atoms with E-state index < -0.39 is 0 Å². The first-order valence-corrected chi connectivity index (χ1v) is 5.88. The summed E-state index contributed by atoms with van der Waals surface area (Å²) in [6.07, 6.45) is 3.65. The molecule has 0 heterocycles. The van der Waals surface area contributed by atoms with Gasteiger partial charge in [-0.3, -0.25) is 0 Å². The van der Waals surface area contributed by atoms with Gasteiger partial charge in [0.15, 0.2) is 0 Å². The summed E-state index contributed by atoms with van der Waals surface area (Å²) in [4.78, 5) is 0. The molecule has 15 heavy (non-hydrogen) atoms. The molecular weight excluding hydrogens is 194 g/mol. The Balaban J connectivity index is 1.95. The molecule has 0 aromatic heterocycles. The number of aliphatic hydroxyl groups is 2. The SMILES string of the molecule is OCCOCCNCC1CCCC1CO. The van der Waals surface area contributed by atoms with Crippen LogP contribution in [0.4, 0.5) is 0 Å². The maximum absolute atomic E-state index is 9.13. The van der Waals surface area contributed by atoms with Crippen LogP contribution in [-0.4, -0.2) is 49.7 Å². The fraction of sp³-hybridized carbons (Fsp3) is 1.00. The van der Waals surface area contributed by atoms with Gasteiger partial charge in [0.1, 0.15) is 0 Å². The Bertz CT molecular complexity index is 155. The van der Waals surface area contributed by atoms with Crippen molar-refractivity contribution in [2.24, 2.45) is 11.8 Å². The fourth-order valence-corrected chi connectivity index (χ4v) is 2.22. The van der Waals surface area contributed by atoms with Gasteiger partial charge in [-0.15, -0.1) is 0 Å². The smallest absolute Gasteiger partial charge is 0.0698 e. The highest BCUT2D eigenvalue weighted by Gasteiger charge is 2.25. The standard InChI is InChI=1S/C11H23NO3/c13-5-7-15-6-4-12-8-10-2-1-3-11(10)9-14/h10-14H,1-9H2. The van der Waals surface area contributed by atoms with Crippen molar-refractivity contribution in [1.82, 2.24) is 5.32 Å². The molecule has 0 aliphatic heterocycles. The fourth-order valence-electron chi connectivity index (χ4n) is 2.22. The number of rotatable bonds is 8. The molecule has 90 valence electrons. The maximum atomic E-state index is 9.13. The van der Waals surface area contributed by atoms with Gasteiger partial charge in [0.25, 0.3) is 0 Å². The van der Waals surface area contributed by atoms with Crippen LogP contribution in [0.25, 0.3) is 0 Å². The highest BCUT2D eigenvalue weighted by atomic mass is 16.5. The predicted octanol–water partition coefficient (Wildman–Crippen LogP) is -0.00650. The molecule has 4 nitrogen and oxygen atoms in total. The van der Waals surface area contributed by atoms with E-state index in [4.69, 9.17) is 14.9 Å². The zero-order chi connectivity index (χ0) is 10.9. The second-order valence-corrected chi connectivity index (χ2v) is 4.17. The van der Waals surface area contributed by atoms with Crippen molar-refractivity contribution < 1.29 is 14.9 Å². The molecule has 4 heteroatoms. The number of nitrogens with one attached hydrogen (secondary N) is 1. The molecule has 0 spiro atoms. The molecule has 1 aliphatic carbocycles. The van der Waals surface area contributed by atoms with Crippen LogP contribution in [0.1, 0.15) is 19.3 Å². The van der Waals surface area contributed by atoms with E-state index in [9.17, 15) is 0 Å². The molecule has 1 saturated carbocycles. The molecule has 1 rings (SSSR count). The van der Waals surface area contributed by atoms with Crippen LogP contribution >= 0.6 is 0 Å². The minimum atomic E-state index is 0.0925. The molecule has 0 amide bonds. The number of aliphatic hydroxyl groups excluding tert-OH is 2. The number of hydrogen-bond donors (Lipinski definition) is 3. The van der Waals surface area contributed by atoms with Gasteiger partial charge in [0.2, 0.25) is 0 Å². The lowest BCUT2D eigenvalue weighted by molar-refractivity contribution is 0.0927. The second kappa shape index (κ2) is 8.05. The van der Waals surface area contributed by atoms with Crippen LogP contribution in [0.5, 0.6) is 0 Å². The second-order valence-electron chi connectivity index (χ2n) is 4.17. The largest absolute Gasteiger partial charge is 0.396 e. The molecule has 2 unspecified atom stereocenters. The quantitative estimate of drug-likeness (QED) is 0.501. The Kier molecular flexibility index (Phi) is 6.92. The lowest BCUT2D eigenvalue weighted by atomic mass is 9.97. The first kappa shape index (κ1) is 12.9. The first-order chi connectivity index (χ1) is 7.38. The molecule has 0 aromatic rings. The van der Waals surface area contributed by atoms with Crippen molar-refractivity contribution in [2.45, 2.75) is 19.3 Å². The van der Waals surface area contributed by atoms with Gasteiger partial charge in [0.05, 0.1) is 19.8 Å². The van der Waals surface area contributed by atoms with Gasteiger partial charge in [0, 0.05) is 13.2 Å². The molecule has 0 radical (unpaired) electrons. The third kappa shape index (κ3) is 4.93. The van der Waals surface area contributed by atoms with Crippen LogP contribution in [-0.2, 0) is 4.74 Å². The molecule has 1 fully saturated rings. The minimum absolute atomic E-state index is 0.0925. The van der Waals surface area contributed by atoms with E-state index in [1.807, 2.05) is 0 Å². The zero-order valence-electron chi connectivity index (χ0n) is 9.32. The molecule has 0 bridgehead atoms. The number of hydrogen-bond acceptors (Lipinski definition) is 4. The van der Waals surface area contributed by atoms with Gasteiger partial charge in [-0.2, -0.15) is 0 Å². The predicted molar refractivity (Wildman–Crippen MR) is 58.7 cm³/mol. The van der Waals surface area contributed by atoms with Crippen LogP contribution in [0, 0.1) is 11.8 Å². The summed E-state index contributed by atoms with van der Waals surface area (Å²) in [5.41, 5.74) is 0. The Morgan fingerprint density at radius 3 is 2.67 bits per heavy atom. The molecule has 3 N–H and O–H groups in total. The monoisotopic (exact) mass is 217 g/mol. The summed E-state index contributed by atoms with van der Waals surface area (Å²) >= 11 is 0. The van der Waals surface area contributed by atoms with Crippen molar-refractivity contribution in [1.29, 1.82) is 0 Å². The van der Waals surface area contributed by atoms with Crippen molar-refractivity contribution in [3.63, 3.8) is 0 Å². The zero-order valence-corrected chi connectivity index (χ0v) is 9.32. The van der Waals surface area contributed by atoms with E-state index in [0.29, 0.717) is 31.7 Å². The van der Waals surface area contributed by atoms with E-state index in [1.54, 1.807) is 0 Å². The normalized spacial score (nSPS) is 26.0. The van der Waals surface area contributed by atoms with Crippen molar-refractivity contribution in [3.05, 3.63) is 0 Å². The van der Waals surface area contributed by atoms with E-state index in [1.165, 1.54) is 19.3 Å². The molecular formula is C11H23NO3. The Labute approximate surface area is 91.6 Å². The number of ether oxygens (including phenoxy) is 1. The highest BCUT2D eigenvalue weighted by Crippen LogP contribution is 2.30. The van der Waals surface area contributed by atoms with E-state index >= 15 is 0 Å². The van der Waals surface area contributed by atoms with Gasteiger partial charge < -0.3 is 20.3 Å². The van der Waals surface area contributed by atoms with Gasteiger partial charge in [-0.1, -0.05) is 6.42 Å². The summed E-state index contributed by atoms with van der Waals surface area (Å²) in [5.74, 6) is 1.13.